The average Bonchev–Trinajstić information content (AvgIpc) is 2.16. The maximum Gasteiger partial charge on any atom is 0.326 e. The van der Waals surface area contributed by atoms with E-state index < -0.39 is 18.0 Å². The molecular weight excluding hydrogens is 200 g/mol. The monoisotopic (exact) mass is 218 g/mol. The lowest BCUT2D eigenvalue weighted by molar-refractivity contribution is -0.139. The molecule has 0 saturated carbocycles. The van der Waals surface area contributed by atoms with Crippen molar-refractivity contribution >= 4 is 12.0 Å². The van der Waals surface area contributed by atoms with E-state index in [1.807, 2.05) is 0 Å². The van der Waals surface area contributed by atoms with E-state index in [0.717, 1.165) is 0 Å². The van der Waals surface area contributed by atoms with E-state index in [0.29, 0.717) is 26.0 Å². The van der Waals surface area contributed by atoms with Crippen molar-refractivity contribution in [2.75, 3.05) is 20.3 Å². The summed E-state index contributed by atoms with van der Waals surface area (Å²) in [6, 6.07) is -1.31. The Morgan fingerprint density at radius 1 is 1.47 bits per heavy atom. The number of carbonyl (C=O) groups excluding carboxylic acids is 1. The molecule has 0 aliphatic carbocycles. The molecule has 0 spiro atoms. The van der Waals surface area contributed by atoms with Crippen LogP contribution in [0, 0.1) is 0 Å². The van der Waals surface area contributed by atoms with Crippen LogP contribution in [0.1, 0.15) is 19.8 Å². The smallest absolute Gasteiger partial charge is 0.326 e. The summed E-state index contributed by atoms with van der Waals surface area (Å²) in [5.74, 6) is -1.03. The Hall–Kier alpha value is -1.30. The van der Waals surface area contributed by atoms with Crippen LogP contribution in [0.3, 0.4) is 0 Å². The van der Waals surface area contributed by atoms with Crippen LogP contribution in [0.2, 0.25) is 0 Å². The molecular formula is C9H18N2O4. The number of rotatable bonds is 7. The Labute approximate surface area is 89.0 Å². The number of amides is 2. The highest BCUT2D eigenvalue weighted by Crippen LogP contribution is 1.97. The van der Waals surface area contributed by atoms with Gasteiger partial charge in [0.15, 0.2) is 0 Å². The van der Waals surface area contributed by atoms with Crippen LogP contribution in [0.25, 0.3) is 0 Å². The molecule has 0 radical (unpaired) electrons. The van der Waals surface area contributed by atoms with E-state index in [1.54, 1.807) is 14.0 Å². The summed E-state index contributed by atoms with van der Waals surface area (Å²) < 4.78 is 4.80. The van der Waals surface area contributed by atoms with Gasteiger partial charge in [-0.15, -0.1) is 0 Å². The van der Waals surface area contributed by atoms with Gasteiger partial charge in [0.05, 0.1) is 0 Å². The molecule has 0 saturated heterocycles. The van der Waals surface area contributed by atoms with Crippen molar-refractivity contribution in [3.05, 3.63) is 0 Å². The molecule has 88 valence electrons. The number of urea groups is 1. The Morgan fingerprint density at radius 3 is 2.60 bits per heavy atom. The third kappa shape index (κ3) is 6.73. The normalized spacial score (nSPS) is 11.9. The Balaban J connectivity index is 3.93. The highest BCUT2D eigenvalue weighted by atomic mass is 16.5. The lowest BCUT2D eigenvalue weighted by atomic mass is 10.1. The molecule has 3 N–H and O–H groups in total. The van der Waals surface area contributed by atoms with Crippen molar-refractivity contribution in [1.29, 1.82) is 0 Å². The fourth-order valence-electron chi connectivity index (χ4n) is 1.06. The molecule has 0 aromatic rings. The number of methoxy groups -OCH3 is 1. The second-order valence-corrected chi connectivity index (χ2v) is 3.03. The highest BCUT2D eigenvalue weighted by Gasteiger charge is 2.18. The summed E-state index contributed by atoms with van der Waals surface area (Å²) in [5.41, 5.74) is 0. The first-order valence-electron chi connectivity index (χ1n) is 4.88. The summed E-state index contributed by atoms with van der Waals surface area (Å²) in [6.45, 7) is 2.72. The molecule has 1 atom stereocenters. The molecule has 2 amide bonds. The zero-order valence-corrected chi connectivity index (χ0v) is 9.08. The molecule has 0 bridgehead atoms. The van der Waals surface area contributed by atoms with Crippen LogP contribution in [0.15, 0.2) is 0 Å². The second-order valence-electron chi connectivity index (χ2n) is 3.03. The fourth-order valence-corrected chi connectivity index (χ4v) is 1.06. The van der Waals surface area contributed by atoms with Crippen molar-refractivity contribution < 1.29 is 19.4 Å². The number of aliphatic carboxylic acids is 1. The van der Waals surface area contributed by atoms with Crippen LogP contribution in [-0.4, -0.2) is 43.4 Å². The maximum atomic E-state index is 11.1. The van der Waals surface area contributed by atoms with E-state index in [-0.39, 0.29) is 0 Å². The SMILES string of the molecule is CCNC(=O)NC(CCCOC)C(=O)O. The van der Waals surface area contributed by atoms with Gasteiger partial charge in [0.2, 0.25) is 0 Å². The molecule has 0 aliphatic heterocycles. The molecule has 0 aromatic carbocycles. The third-order valence-electron chi connectivity index (χ3n) is 1.78. The topological polar surface area (TPSA) is 87.7 Å². The minimum Gasteiger partial charge on any atom is -0.480 e. The van der Waals surface area contributed by atoms with E-state index in [1.165, 1.54) is 0 Å². The minimum absolute atomic E-state index is 0.361. The second kappa shape index (κ2) is 8.05. The fraction of sp³-hybridized carbons (Fsp3) is 0.778. The molecule has 0 fully saturated rings. The van der Waals surface area contributed by atoms with Crippen molar-refractivity contribution in [2.45, 2.75) is 25.8 Å². The molecule has 0 rings (SSSR count). The summed E-state index contributed by atoms with van der Waals surface area (Å²) in [5, 5.41) is 13.7. The molecule has 0 aliphatic rings. The average molecular weight is 218 g/mol. The van der Waals surface area contributed by atoms with Crippen LogP contribution in [0.5, 0.6) is 0 Å². The van der Waals surface area contributed by atoms with Gasteiger partial charge < -0.3 is 20.5 Å². The standard InChI is InChI=1S/C9H18N2O4/c1-3-10-9(14)11-7(8(12)13)5-4-6-15-2/h7H,3-6H2,1-2H3,(H,12,13)(H2,10,11,14). The van der Waals surface area contributed by atoms with Gasteiger partial charge in [-0.2, -0.15) is 0 Å². The van der Waals surface area contributed by atoms with Crippen LogP contribution < -0.4 is 10.6 Å². The van der Waals surface area contributed by atoms with Crippen LogP contribution >= 0.6 is 0 Å². The first kappa shape index (κ1) is 13.7. The van der Waals surface area contributed by atoms with E-state index in [9.17, 15) is 9.59 Å². The molecule has 0 heterocycles. The first-order valence-corrected chi connectivity index (χ1v) is 4.88. The van der Waals surface area contributed by atoms with Gasteiger partial charge in [0.1, 0.15) is 6.04 Å². The third-order valence-corrected chi connectivity index (χ3v) is 1.78. The predicted octanol–water partition coefficient (Wildman–Crippen LogP) is 0.185. The maximum absolute atomic E-state index is 11.1. The predicted molar refractivity (Wildman–Crippen MR) is 54.7 cm³/mol. The number of nitrogens with one attached hydrogen (secondary N) is 2. The van der Waals surface area contributed by atoms with Gasteiger partial charge in [0.25, 0.3) is 0 Å². The summed E-state index contributed by atoms with van der Waals surface area (Å²) in [4.78, 5) is 21.8. The van der Waals surface area contributed by atoms with Gasteiger partial charge in [-0.3, -0.25) is 0 Å². The largest absolute Gasteiger partial charge is 0.480 e. The Morgan fingerprint density at radius 2 is 2.13 bits per heavy atom. The first-order chi connectivity index (χ1) is 7.11. The van der Waals surface area contributed by atoms with Gasteiger partial charge in [-0.05, 0) is 19.8 Å². The van der Waals surface area contributed by atoms with E-state index in [4.69, 9.17) is 9.84 Å². The number of hydrogen-bond donors (Lipinski definition) is 3. The number of ether oxygens (including phenoxy) is 1. The van der Waals surface area contributed by atoms with Crippen molar-refractivity contribution in [1.82, 2.24) is 10.6 Å². The number of hydrogen-bond acceptors (Lipinski definition) is 3. The van der Waals surface area contributed by atoms with Crippen molar-refractivity contribution in [2.24, 2.45) is 0 Å². The molecule has 1 unspecified atom stereocenters. The van der Waals surface area contributed by atoms with Gasteiger partial charge >= 0.3 is 12.0 Å². The molecule has 0 aromatic heterocycles. The minimum atomic E-state index is -1.03. The Bertz CT molecular complexity index is 208. The van der Waals surface area contributed by atoms with Crippen LogP contribution in [0.4, 0.5) is 4.79 Å². The van der Waals surface area contributed by atoms with Gasteiger partial charge in [0, 0.05) is 20.3 Å². The molecule has 6 nitrogen and oxygen atoms in total. The summed E-state index contributed by atoms with van der Waals surface area (Å²) in [7, 11) is 1.55. The zero-order chi connectivity index (χ0) is 11.7. The number of carboxylic acids is 1. The quantitative estimate of drug-likeness (QED) is 0.532. The van der Waals surface area contributed by atoms with Crippen LogP contribution in [-0.2, 0) is 9.53 Å². The summed E-state index contributed by atoms with van der Waals surface area (Å²) in [6.07, 6.45) is 0.959. The van der Waals surface area contributed by atoms with E-state index >= 15 is 0 Å². The summed E-state index contributed by atoms with van der Waals surface area (Å²) >= 11 is 0. The van der Waals surface area contributed by atoms with E-state index in [2.05, 4.69) is 10.6 Å². The molecule has 15 heavy (non-hydrogen) atoms. The van der Waals surface area contributed by atoms with Crippen molar-refractivity contribution in [3.8, 4) is 0 Å². The lowest BCUT2D eigenvalue weighted by Crippen LogP contribution is -2.46. The lowest BCUT2D eigenvalue weighted by Gasteiger charge is -2.14. The molecule has 6 heteroatoms. The Kier molecular flexibility index (Phi) is 7.35. The highest BCUT2D eigenvalue weighted by molar-refractivity contribution is 5.82. The van der Waals surface area contributed by atoms with Gasteiger partial charge in [-0.1, -0.05) is 0 Å². The van der Waals surface area contributed by atoms with Crippen molar-refractivity contribution in [3.63, 3.8) is 0 Å². The zero-order valence-electron chi connectivity index (χ0n) is 9.08. The number of carboxylic acid groups (broad SMARTS) is 1. The number of carbonyl (C=O) groups is 2. The van der Waals surface area contributed by atoms with Gasteiger partial charge in [-0.25, -0.2) is 9.59 Å².